The van der Waals surface area contributed by atoms with Crippen LogP contribution in [0.1, 0.15) is 24.2 Å². The second-order valence-corrected chi connectivity index (χ2v) is 9.39. The third kappa shape index (κ3) is 3.56. The van der Waals surface area contributed by atoms with E-state index < -0.39 is 10.2 Å². The zero-order chi connectivity index (χ0) is 18.2. The van der Waals surface area contributed by atoms with Crippen LogP contribution >= 0.6 is 15.9 Å². The Labute approximate surface area is 151 Å². The van der Waals surface area contributed by atoms with Crippen LogP contribution in [0, 0.1) is 5.92 Å². The van der Waals surface area contributed by atoms with Crippen molar-refractivity contribution in [2.45, 2.75) is 20.4 Å². The minimum absolute atomic E-state index is 0.0255. The predicted molar refractivity (Wildman–Crippen MR) is 99.2 cm³/mol. The molecule has 0 atom stereocenters. The lowest BCUT2D eigenvalue weighted by molar-refractivity contribution is 0.0860. The average Bonchev–Trinajstić information content (AvgIpc) is 2.83. The van der Waals surface area contributed by atoms with E-state index in [1.165, 1.54) is 29.8 Å². The number of fused-ring (bicyclic) bond motifs is 1. The number of hydrogen-bond acceptors (Lipinski definition) is 3. The van der Waals surface area contributed by atoms with Crippen molar-refractivity contribution in [3.8, 4) is 0 Å². The Bertz CT molecular complexity index is 872. The maximum Gasteiger partial charge on any atom is 0.281 e. The van der Waals surface area contributed by atoms with Crippen LogP contribution in [0.4, 0.5) is 0 Å². The lowest BCUT2D eigenvalue weighted by Gasteiger charge is -2.21. The van der Waals surface area contributed by atoms with Crippen LogP contribution in [0.3, 0.4) is 0 Å². The minimum Gasteiger partial charge on any atom is -0.287 e. The highest BCUT2D eigenvalue weighted by Gasteiger charge is 2.23. The van der Waals surface area contributed by atoms with Gasteiger partial charge < -0.3 is 0 Å². The molecule has 24 heavy (non-hydrogen) atoms. The lowest BCUT2D eigenvalue weighted by atomic mass is 10.2. The molecule has 0 amide bonds. The van der Waals surface area contributed by atoms with Crippen molar-refractivity contribution in [3.05, 3.63) is 34.4 Å². The number of carbonyl (C=O) groups is 1. The van der Waals surface area contributed by atoms with Crippen molar-refractivity contribution < 1.29 is 13.2 Å². The highest BCUT2D eigenvalue weighted by Crippen LogP contribution is 2.27. The van der Waals surface area contributed by atoms with Crippen molar-refractivity contribution in [2.75, 3.05) is 21.1 Å². The fourth-order valence-corrected chi connectivity index (χ4v) is 3.67. The molecule has 0 aliphatic carbocycles. The Balaban J connectivity index is 2.54. The Kier molecular flexibility index (Phi) is 5.54. The number of aromatic nitrogens is 1. The second kappa shape index (κ2) is 6.95. The Morgan fingerprint density at radius 3 is 2.42 bits per heavy atom. The molecule has 0 bridgehead atoms. The van der Waals surface area contributed by atoms with Crippen molar-refractivity contribution in [2.24, 2.45) is 5.92 Å². The summed E-state index contributed by atoms with van der Waals surface area (Å²) in [6.45, 7) is 3.87. The van der Waals surface area contributed by atoms with Gasteiger partial charge in [0.25, 0.3) is 10.2 Å². The summed E-state index contributed by atoms with van der Waals surface area (Å²) in [5.41, 5.74) is 1.56. The summed E-state index contributed by atoms with van der Waals surface area (Å²) in [5.74, 6) is -0.182. The molecule has 0 N–H and O–H groups in total. The van der Waals surface area contributed by atoms with Gasteiger partial charge in [0.05, 0.1) is 5.52 Å². The average molecular weight is 416 g/mol. The SMILES string of the molecule is CC(C)C(=O)n1cc(CN(C)S(=O)(=O)N(C)C)c2ccc(Br)cc21. The van der Waals surface area contributed by atoms with Crippen LogP contribution in [-0.4, -0.2) is 48.6 Å². The maximum absolute atomic E-state index is 12.5. The first kappa shape index (κ1) is 19.1. The molecule has 8 heteroatoms. The number of halogens is 1. The van der Waals surface area contributed by atoms with Gasteiger partial charge in [-0.1, -0.05) is 35.8 Å². The number of benzene rings is 1. The fraction of sp³-hybridized carbons (Fsp3) is 0.438. The number of carbonyl (C=O) groups excluding carboxylic acids is 1. The molecule has 0 fully saturated rings. The van der Waals surface area contributed by atoms with Crippen LogP contribution in [0.5, 0.6) is 0 Å². The van der Waals surface area contributed by atoms with Gasteiger partial charge in [-0.3, -0.25) is 9.36 Å². The number of rotatable bonds is 5. The second-order valence-electron chi connectivity index (χ2n) is 6.22. The quantitative estimate of drug-likeness (QED) is 0.753. The molecule has 0 radical (unpaired) electrons. The molecule has 1 aromatic carbocycles. The molecule has 0 saturated carbocycles. The van der Waals surface area contributed by atoms with Crippen LogP contribution in [0.15, 0.2) is 28.9 Å². The smallest absolute Gasteiger partial charge is 0.281 e. The zero-order valence-corrected chi connectivity index (χ0v) is 16.8. The molecule has 2 aromatic rings. The fourth-order valence-electron chi connectivity index (χ4n) is 2.46. The normalized spacial score (nSPS) is 12.7. The van der Waals surface area contributed by atoms with Crippen LogP contribution in [0.25, 0.3) is 10.9 Å². The van der Waals surface area contributed by atoms with Crippen molar-refractivity contribution in [3.63, 3.8) is 0 Å². The van der Waals surface area contributed by atoms with E-state index in [0.717, 1.165) is 20.9 Å². The van der Waals surface area contributed by atoms with Crippen molar-refractivity contribution in [1.29, 1.82) is 0 Å². The van der Waals surface area contributed by atoms with Crippen molar-refractivity contribution >= 4 is 42.9 Å². The summed E-state index contributed by atoms with van der Waals surface area (Å²) in [5, 5.41) is 0.869. The molecule has 132 valence electrons. The van der Waals surface area contributed by atoms with Gasteiger partial charge in [0.2, 0.25) is 5.91 Å². The summed E-state index contributed by atoms with van der Waals surface area (Å²) < 4.78 is 29.4. The van der Waals surface area contributed by atoms with Gasteiger partial charge in [0.15, 0.2) is 0 Å². The van der Waals surface area contributed by atoms with E-state index in [-0.39, 0.29) is 18.4 Å². The predicted octanol–water partition coefficient (Wildman–Crippen LogP) is 2.94. The maximum atomic E-state index is 12.5. The van der Waals surface area contributed by atoms with E-state index in [1.54, 1.807) is 10.8 Å². The van der Waals surface area contributed by atoms with Crippen LogP contribution in [0.2, 0.25) is 0 Å². The highest BCUT2D eigenvalue weighted by atomic mass is 79.9. The monoisotopic (exact) mass is 415 g/mol. The Morgan fingerprint density at radius 2 is 1.88 bits per heavy atom. The molecule has 0 unspecified atom stereocenters. The molecule has 0 aliphatic rings. The van der Waals surface area contributed by atoms with E-state index in [0.29, 0.717) is 0 Å². The first-order chi connectivity index (χ1) is 11.1. The lowest BCUT2D eigenvalue weighted by Crippen LogP contribution is -2.36. The summed E-state index contributed by atoms with van der Waals surface area (Å²) in [6.07, 6.45) is 1.74. The summed E-state index contributed by atoms with van der Waals surface area (Å²) in [7, 11) is 1.00. The topological polar surface area (TPSA) is 62.6 Å². The van der Waals surface area contributed by atoms with Gasteiger partial charge in [-0.15, -0.1) is 0 Å². The van der Waals surface area contributed by atoms with Gasteiger partial charge in [0, 0.05) is 49.7 Å². The van der Waals surface area contributed by atoms with E-state index in [2.05, 4.69) is 15.9 Å². The molecule has 0 aliphatic heterocycles. The number of hydrogen-bond donors (Lipinski definition) is 0. The van der Waals surface area contributed by atoms with Gasteiger partial charge in [-0.25, -0.2) is 0 Å². The first-order valence-electron chi connectivity index (χ1n) is 7.53. The Morgan fingerprint density at radius 1 is 1.25 bits per heavy atom. The molecular formula is C16H22BrN3O3S. The van der Waals surface area contributed by atoms with Gasteiger partial charge in [0.1, 0.15) is 0 Å². The third-order valence-corrected chi connectivity index (χ3v) is 6.16. The standard InChI is InChI=1S/C16H22BrN3O3S/c1-11(2)16(21)20-10-12(9-19(5)24(22,23)18(3)4)14-7-6-13(17)8-15(14)20/h6-8,10-11H,9H2,1-5H3. The van der Waals surface area contributed by atoms with Crippen LogP contribution < -0.4 is 0 Å². The van der Waals surface area contributed by atoms with Crippen LogP contribution in [-0.2, 0) is 16.8 Å². The molecule has 0 spiro atoms. The summed E-state index contributed by atoms with van der Waals surface area (Å²) in [6, 6.07) is 5.66. The molecule has 1 aromatic heterocycles. The van der Waals surface area contributed by atoms with E-state index >= 15 is 0 Å². The van der Waals surface area contributed by atoms with Gasteiger partial charge >= 0.3 is 0 Å². The first-order valence-corrected chi connectivity index (χ1v) is 9.72. The van der Waals surface area contributed by atoms with E-state index in [4.69, 9.17) is 0 Å². The number of nitrogens with zero attached hydrogens (tertiary/aromatic N) is 3. The molecule has 0 saturated heterocycles. The summed E-state index contributed by atoms with van der Waals surface area (Å²) >= 11 is 3.43. The van der Waals surface area contributed by atoms with Gasteiger partial charge in [-0.2, -0.15) is 17.0 Å². The summed E-state index contributed by atoms with van der Waals surface area (Å²) in [4.78, 5) is 12.5. The molecular weight excluding hydrogens is 394 g/mol. The largest absolute Gasteiger partial charge is 0.287 e. The minimum atomic E-state index is -3.52. The Hall–Kier alpha value is -1.22. The van der Waals surface area contributed by atoms with Gasteiger partial charge in [-0.05, 0) is 17.7 Å². The van der Waals surface area contributed by atoms with E-state index in [1.807, 2.05) is 32.0 Å². The molecule has 1 heterocycles. The zero-order valence-electron chi connectivity index (χ0n) is 14.4. The molecule has 2 rings (SSSR count). The van der Waals surface area contributed by atoms with E-state index in [9.17, 15) is 13.2 Å². The molecule has 6 nitrogen and oxygen atoms in total. The highest BCUT2D eigenvalue weighted by molar-refractivity contribution is 9.10. The van der Waals surface area contributed by atoms with Crippen molar-refractivity contribution in [1.82, 2.24) is 13.2 Å². The third-order valence-electron chi connectivity index (χ3n) is 3.83.